The van der Waals surface area contributed by atoms with Crippen LogP contribution in [0.15, 0.2) is 24.3 Å². The van der Waals surface area contributed by atoms with Crippen molar-refractivity contribution in [1.82, 2.24) is 4.98 Å². The molecular formula is C14H12F3NO3S. The quantitative estimate of drug-likeness (QED) is 0.788. The topological polar surface area (TPSA) is 48.4 Å². The van der Waals surface area contributed by atoms with Crippen LogP contribution in [-0.2, 0) is 4.74 Å². The Labute approximate surface area is 128 Å². The minimum absolute atomic E-state index is 0.259. The van der Waals surface area contributed by atoms with Crippen LogP contribution in [0.5, 0.6) is 5.75 Å². The lowest BCUT2D eigenvalue weighted by Crippen LogP contribution is -2.16. The molecule has 0 saturated carbocycles. The number of benzene rings is 1. The average Bonchev–Trinajstić information content (AvgIpc) is 2.80. The van der Waals surface area contributed by atoms with E-state index in [0.717, 1.165) is 11.3 Å². The summed E-state index contributed by atoms with van der Waals surface area (Å²) in [5.41, 5.74) is 1.12. The van der Waals surface area contributed by atoms with Gasteiger partial charge < -0.3 is 9.47 Å². The zero-order valence-corrected chi connectivity index (χ0v) is 12.5. The summed E-state index contributed by atoms with van der Waals surface area (Å²) in [4.78, 5) is 16.3. The SMILES string of the molecule is CCOC(=O)c1sc(-c2ccc(OC(F)(F)F)cc2)nc1C. The van der Waals surface area contributed by atoms with E-state index in [2.05, 4.69) is 9.72 Å². The number of esters is 1. The summed E-state index contributed by atoms with van der Waals surface area (Å²) in [7, 11) is 0. The molecule has 0 bridgehead atoms. The maximum Gasteiger partial charge on any atom is 0.573 e. The maximum atomic E-state index is 12.1. The van der Waals surface area contributed by atoms with Crippen LogP contribution in [0, 0.1) is 6.92 Å². The van der Waals surface area contributed by atoms with Crippen LogP contribution in [0.25, 0.3) is 10.6 Å². The molecule has 0 fully saturated rings. The molecule has 1 aromatic carbocycles. The lowest BCUT2D eigenvalue weighted by atomic mass is 10.2. The molecule has 0 aliphatic rings. The first-order chi connectivity index (χ1) is 10.3. The van der Waals surface area contributed by atoms with Crippen molar-refractivity contribution < 1.29 is 27.4 Å². The van der Waals surface area contributed by atoms with E-state index in [-0.39, 0.29) is 12.4 Å². The number of hydrogen-bond acceptors (Lipinski definition) is 5. The summed E-state index contributed by atoms with van der Waals surface area (Å²) in [5, 5.41) is 0.527. The van der Waals surface area contributed by atoms with E-state index in [9.17, 15) is 18.0 Å². The van der Waals surface area contributed by atoms with Gasteiger partial charge in [-0.1, -0.05) is 0 Å². The van der Waals surface area contributed by atoms with E-state index in [4.69, 9.17) is 4.74 Å². The Morgan fingerprint density at radius 2 is 1.91 bits per heavy atom. The normalized spacial score (nSPS) is 11.3. The van der Waals surface area contributed by atoms with Gasteiger partial charge in [0.25, 0.3) is 0 Å². The molecule has 2 aromatic rings. The predicted molar refractivity (Wildman–Crippen MR) is 74.9 cm³/mol. The van der Waals surface area contributed by atoms with Crippen molar-refractivity contribution in [3.63, 3.8) is 0 Å². The van der Waals surface area contributed by atoms with Gasteiger partial charge in [0, 0.05) is 5.56 Å². The van der Waals surface area contributed by atoms with Gasteiger partial charge in [0.15, 0.2) is 0 Å². The number of nitrogens with zero attached hydrogens (tertiary/aromatic N) is 1. The third-order valence-corrected chi connectivity index (χ3v) is 3.78. The van der Waals surface area contributed by atoms with Gasteiger partial charge in [-0.15, -0.1) is 24.5 Å². The number of alkyl halides is 3. The maximum absolute atomic E-state index is 12.1. The van der Waals surface area contributed by atoms with Gasteiger partial charge in [0.1, 0.15) is 15.6 Å². The first-order valence-corrected chi connectivity index (χ1v) is 7.12. The highest BCUT2D eigenvalue weighted by molar-refractivity contribution is 7.17. The highest BCUT2D eigenvalue weighted by atomic mass is 32.1. The van der Waals surface area contributed by atoms with Crippen LogP contribution in [0.1, 0.15) is 22.3 Å². The number of rotatable bonds is 4. The molecule has 118 valence electrons. The van der Waals surface area contributed by atoms with Crippen molar-refractivity contribution in [2.75, 3.05) is 6.61 Å². The molecule has 2 rings (SSSR count). The number of aromatic nitrogens is 1. The summed E-state index contributed by atoms with van der Waals surface area (Å²) in [6.07, 6.45) is -4.73. The van der Waals surface area contributed by atoms with Crippen molar-refractivity contribution in [3.05, 3.63) is 34.8 Å². The molecular weight excluding hydrogens is 319 g/mol. The van der Waals surface area contributed by atoms with E-state index >= 15 is 0 Å². The van der Waals surface area contributed by atoms with Crippen LogP contribution in [0.4, 0.5) is 13.2 Å². The van der Waals surface area contributed by atoms with Crippen molar-refractivity contribution in [2.45, 2.75) is 20.2 Å². The van der Waals surface area contributed by atoms with Gasteiger partial charge in [0.05, 0.1) is 12.3 Å². The second-order valence-electron chi connectivity index (χ2n) is 4.23. The van der Waals surface area contributed by atoms with Crippen LogP contribution in [0.2, 0.25) is 0 Å². The van der Waals surface area contributed by atoms with Gasteiger partial charge in [0.2, 0.25) is 0 Å². The number of thiazole rings is 1. The molecule has 22 heavy (non-hydrogen) atoms. The Morgan fingerprint density at radius 3 is 2.45 bits per heavy atom. The average molecular weight is 331 g/mol. The Morgan fingerprint density at radius 1 is 1.27 bits per heavy atom. The standard InChI is InChI=1S/C14H12F3NO3S/c1-3-20-13(19)11-8(2)18-12(22-11)9-4-6-10(7-5-9)21-14(15,16)17/h4-7H,3H2,1-2H3. The summed E-state index contributed by atoms with van der Waals surface area (Å²) in [5.74, 6) is -0.768. The molecule has 8 heteroatoms. The summed E-state index contributed by atoms with van der Waals surface area (Å²) >= 11 is 1.13. The van der Waals surface area contributed by atoms with E-state index in [1.54, 1.807) is 13.8 Å². The molecule has 0 unspecified atom stereocenters. The molecule has 4 nitrogen and oxygen atoms in total. The number of ether oxygens (including phenoxy) is 2. The molecule has 0 atom stereocenters. The summed E-state index contributed by atoms with van der Waals surface area (Å²) in [6.45, 7) is 3.64. The Kier molecular flexibility index (Phi) is 4.70. The fourth-order valence-corrected chi connectivity index (χ4v) is 2.67. The fraction of sp³-hybridized carbons (Fsp3) is 0.286. The fourth-order valence-electron chi connectivity index (χ4n) is 1.71. The van der Waals surface area contributed by atoms with Crippen LogP contribution in [-0.4, -0.2) is 23.9 Å². The van der Waals surface area contributed by atoms with Gasteiger partial charge in [-0.25, -0.2) is 9.78 Å². The molecule has 0 aliphatic carbocycles. The molecule has 0 radical (unpaired) electrons. The van der Waals surface area contributed by atoms with Gasteiger partial charge in [-0.3, -0.25) is 0 Å². The summed E-state index contributed by atoms with van der Waals surface area (Å²) < 4.78 is 45.0. The van der Waals surface area contributed by atoms with E-state index in [1.807, 2.05) is 0 Å². The minimum atomic E-state index is -4.73. The van der Waals surface area contributed by atoms with Crippen LogP contribution in [0.3, 0.4) is 0 Å². The van der Waals surface area contributed by atoms with Gasteiger partial charge in [-0.05, 0) is 38.1 Å². The molecule has 0 aliphatic heterocycles. The predicted octanol–water partition coefficient (Wildman–Crippen LogP) is 4.19. The second-order valence-corrected chi connectivity index (χ2v) is 5.23. The van der Waals surface area contributed by atoms with Crippen molar-refractivity contribution in [3.8, 4) is 16.3 Å². The largest absolute Gasteiger partial charge is 0.573 e. The monoisotopic (exact) mass is 331 g/mol. The number of carbonyl (C=O) groups is 1. The van der Waals surface area contributed by atoms with Crippen LogP contribution >= 0.6 is 11.3 Å². The van der Waals surface area contributed by atoms with Crippen LogP contribution < -0.4 is 4.74 Å². The Hall–Kier alpha value is -2.09. The molecule has 0 amide bonds. The molecule has 0 spiro atoms. The third kappa shape index (κ3) is 3.97. The van der Waals surface area contributed by atoms with E-state index in [1.165, 1.54) is 24.3 Å². The van der Waals surface area contributed by atoms with E-state index < -0.39 is 12.3 Å². The molecule has 1 heterocycles. The number of aryl methyl sites for hydroxylation is 1. The Balaban J connectivity index is 2.22. The first kappa shape index (κ1) is 16.3. The van der Waals surface area contributed by atoms with Crippen molar-refractivity contribution in [2.24, 2.45) is 0 Å². The minimum Gasteiger partial charge on any atom is -0.462 e. The Bertz CT molecular complexity index is 665. The number of halogens is 3. The molecule has 0 saturated heterocycles. The molecule has 0 N–H and O–H groups in total. The second kappa shape index (κ2) is 6.35. The first-order valence-electron chi connectivity index (χ1n) is 6.31. The molecule has 1 aromatic heterocycles. The zero-order valence-electron chi connectivity index (χ0n) is 11.7. The highest BCUT2D eigenvalue weighted by Gasteiger charge is 2.31. The smallest absolute Gasteiger partial charge is 0.462 e. The zero-order chi connectivity index (χ0) is 16.3. The third-order valence-electron chi connectivity index (χ3n) is 2.59. The van der Waals surface area contributed by atoms with E-state index in [0.29, 0.717) is 21.1 Å². The number of hydrogen-bond donors (Lipinski definition) is 0. The lowest BCUT2D eigenvalue weighted by molar-refractivity contribution is -0.274. The van der Waals surface area contributed by atoms with Gasteiger partial charge >= 0.3 is 12.3 Å². The van der Waals surface area contributed by atoms with Crippen molar-refractivity contribution >= 4 is 17.3 Å². The highest BCUT2D eigenvalue weighted by Crippen LogP contribution is 2.30. The van der Waals surface area contributed by atoms with Gasteiger partial charge in [-0.2, -0.15) is 0 Å². The van der Waals surface area contributed by atoms with Crippen molar-refractivity contribution in [1.29, 1.82) is 0 Å². The lowest BCUT2D eigenvalue weighted by Gasteiger charge is -2.08. The summed E-state index contributed by atoms with van der Waals surface area (Å²) in [6, 6.07) is 5.30. The number of carbonyl (C=O) groups excluding carboxylic acids is 1.